The largest absolute Gasteiger partial charge is 0.484 e. The summed E-state index contributed by atoms with van der Waals surface area (Å²) in [5.74, 6) is 1.69. The van der Waals surface area contributed by atoms with Gasteiger partial charge in [-0.15, -0.1) is 0 Å². The molecule has 2 aliphatic rings. The quantitative estimate of drug-likeness (QED) is 0.325. The normalized spacial score (nSPS) is 16.7. The Kier molecular flexibility index (Phi) is 9.52. The molecule has 39 heavy (non-hydrogen) atoms. The van der Waals surface area contributed by atoms with E-state index in [-0.39, 0.29) is 18.4 Å². The van der Waals surface area contributed by atoms with E-state index >= 15 is 0 Å². The second kappa shape index (κ2) is 13.6. The number of hydrogen-bond acceptors (Lipinski definition) is 4. The van der Waals surface area contributed by atoms with Crippen LogP contribution in [0.2, 0.25) is 0 Å². The maximum absolute atomic E-state index is 14.0. The number of para-hydroxylation sites is 3. The number of fused-ring (bicyclic) bond motifs is 1. The fraction of sp³-hybridized carbons (Fsp3) is 0.531. The predicted molar refractivity (Wildman–Crippen MR) is 154 cm³/mol. The first-order chi connectivity index (χ1) is 19.2. The van der Waals surface area contributed by atoms with Crippen molar-refractivity contribution in [2.24, 2.45) is 0 Å². The number of nitrogens with zero attached hydrogens (tertiary/aromatic N) is 3. The molecule has 0 spiro atoms. The molecule has 7 nitrogen and oxygen atoms in total. The first kappa shape index (κ1) is 27.2. The molecule has 5 rings (SSSR count). The van der Waals surface area contributed by atoms with Crippen molar-refractivity contribution in [2.75, 3.05) is 13.2 Å². The number of aryl methyl sites for hydroxylation is 1. The zero-order chi connectivity index (χ0) is 26.9. The molecule has 1 N–H and O–H groups in total. The highest BCUT2D eigenvalue weighted by Crippen LogP contribution is 2.31. The minimum Gasteiger partial charge on any atom is -0.484 e. The van der Waals surface area contributed by atoms with Gasteiger partial charge in [0, 0.05) is 25.0 Å². The van der Waals surface area contributed by atoms with E-state index in [1.807, 2.05) is 48.5 Å². The summed E-state index contributed by atoms with van der Waals surface area (Å²) >= 11 is 0. The Morgan fingerprint density at radius 3 is 2.21 bits per heavy atom. The highest BCUT2D eigenvalue weighted by Gasteiger charge is 2.33. The lowest BCUT2D eigenvalue weighted by Gasteiger charge is -2.42. The summed E-state index contributed by atoms with van der Waals surface area (Å²) in [6.45, 7) is 0.861. The summed E-state index contributed by atoms with van der Waals surface area (Å²) in [7, 11) is 0. The van der Waals surface area contributed by atoms with E-state index < -0.39 is 0 Å². The van der Waals surface area contributed by atoms with Gasteiger partial charge in [-0.25, -0.2) is 4.98 Å². The van der Waals surface area contributed by atoms with E-state index in [4.69, 9.17) is 9.72 Å². The van der Waals surface area contributed by atoms with E-state index in [2.05, 4.69) is 20.9 Å². The van der Waals surface area contributed by atoms with Gasteiger partial charge in [0.25, 0.3) is 5.91 Å². The first-order valence-corrected chi connectivity index (χ1v) is 14.9. The highest BCUT2D eigenvalue weighted by atomic mass is 16.5. The summed E-state index contributed by atoms with van der Waals surface area (Å²) in [4.78, 5) is 33.5. The highest BCUT2D eigenvalue weighted by molar-refractivity contribution is 5.81. The standard InChI is InChI=1S/C32H42N4O3/c37-31(24-39-27-17-8-3-9-18-27)33-22-12-21-30-34-28-19-10-11-20-29(28)35(30)23-32(38)36(25-13-4-1-5-14-25)26-15-6-2-7-16-26/h3,8-11,17-20,25-26H,1-2,4-7,12-16,21-24H2,(H,33,37). The predicted octanol–water partition coefficient (Wildman–Crippen LogP) is 5.66. The number of benzene rings is 2. The van der Waals surface area contributed by atoms with Gasteiger partial charge in [-0.05, 0) is 56.4 Å². The molecular weight excluding hydrogens is 488 g/mol. The first-order valence-electron chi connectivity index (χ1n) is 14.9. The van der Waals surface area contributed by atoms with Gasteiger partial charge < -0.3 is 19.5 Å². The second-order valence-electron chi connectivity index (χ2n) is 11.0. The third-order valence-electron chi connectivity index (χ3n) is 8.26. The molecule has 1 aromatic heterocycles. The van der Waals surface area contributed by atoms with Crippen LogP contribution in [0.1, 0.15) is 76.5 Å². The fourth-order valence-corrected chi connectivity index (χ4v) is 6.32. The van der Waals surface area contributed by atoms with Crippen LogP contribution in [0.4, 0.5) is 0 Å². The maximum atomic E-state index is 14.0. The number of nitrogens with one attached hydrogen (secondary N) is 1. The fourth-order valence-electron chi connectivity index (χ4n) is 6.32. The lowest BCUT2D eigenvalue weighted by molar-refractivity contribution is -0.138. The Hall–Kier alpha value is -3.35. The van der Waals surface area contributed by atoms with E-state index in [1.165, 1.54) is 38.5 Å². The number of imidazole rings is 1. The molecule has 0 radical (unpaired) electrons. The van der Waals surface area contributed by atoms with Crippen LogP contribution in [0.3, 0.4) is 0 Å². The molecule has 2 aromatic carbocycles. The van der Waals surface area contributed by atoms with Crippen molar-refractivity contribution in [2.45, 2.75) is 95.7 Å². The number of rotatable bonds is 11. The van der Waals surface area contributed by atoms with Crippen molar-refractivity contribution in [3.05, 3.63) is 60.4 Å². The number of carbonyl (C=O) groups excluding carboxylic acids is 2. The molecule has 1 heterocycles. The Bertz CT molecular complexity index is 1190. The minimum absolute atomic E-state index is 0.00477. The van der Waals surface area contributed by atoms with Crippen LogP contribution in [0.5, 0.6) is 5.75 Å². The van der Waals surface area contributed by atoms with Gasteiger partial charge in [0.1, 0.15) is 18.1 Å². The third-order valence-corrected chi connectivity index (χ3v) is 8.26. The van der Waals surface area contributed by atoms with Gasteiger partial charge in [0.05, 0.1) is 11.0 Å². The van der Waals surface area contributed by atoms with Crippen molar-refractivity contribution in [1.82, 2.24) is 19.8 Å². The monoisotopic (exact) mass is 530 g/mol. The summed E-state index contributed by atoms with van der Waals surface area (Å²) < 4.78 is 7.66. The smallest absolute Gasteiger partial charge is 0.257 e. The molecule has 2 aliphatic carbocycles. The van der Waals surface area contributed by atoms with Gasteiger partial charge in [0.15, 0.2) is 6.61 Å². The van der Waals surface area contributed by atoms with Crippen molar-refractivity contribution in [3.63, 3.8) is 0 Å². The van der Waals surface area contributed by atoms with Crippen molar-refractivity contribution in [3.8, 4) is 5.75 Å². The molecule has 3 aromatic rings. The third kappa shape index (κ3) is 7.20. The molecule has 0 saturated heterocycles. The van der Waals surface area contributed by atoms with Crippen LogP contribution in [-0.4, -0.2) is 51.5 Å². The Morgan fingerprint density at radius 2 is 1.51 bits per heavy atom. The maximum Gasteiger partial charge on any atom is 0.257 e. The van der Waals surface area contributed by atoms with E-state index in [0.29, 0.717) is 37.3 Å². The molecule has 0 bridgehead atoms. The van der Waals surface area contributed by atoms with Gasteiger partial charge in [-0.1, -0.05) is 68.9 Å². The summed E-state index contributed by atoms with van der Waals surface area (Å²) in [6, 6.07) is 18.2. The average molecular weight is 531 g/mol. The Balaban J connectivity index is 1.23. The van der Waals surface area contributed by atoms with Crippen molar-refractivity contribution in [1.29, 1.82) is 0 Å². The number of ether oxygens (including phenoxy) is 1. The molecule has 2 fully saturated rings. The van der Waals surface area contributed by atoms with Gasteiger partial charge in [-0.2, -0.15) is 0 Å². The molecule has 2 saturated carbocycles. The van der Waals surface area contributed by atoms with Crippen LogP contribution in [0, 0.1) is 0 Å². The molecular formula is C32H42N4O3. The van der Waals surface area contributed by atoms with Crippen LogP contribution >= 0.6 is 0 Å². The topological polar surface area (TPSA) is 76.5 Å². The molecule has 2 amide bonds. The van der Waals surface area contributed by atoms with E-state index in [1.54, 1.807) is 0 Å². The minimum atomic E-state index is -0.141. The number of carbonyl (C=O) groups is 2. The zero-order valence-corrected chi connectivity index (χ0v) is 23.0. The van der Waals surface area contributed by atoms with Crippen LogP contribution < -0.4 is 10.1 Å². The van der Waals surface area contributed by atoms with Crippen LogP contribution in [-0.2, 0) is 22.6 Å². The summed E-state index contributed by atoms with van der Waals surface area (Å²) in [6.07, 6.45) is 13.4. The lowest BCUT2D eigenvalue weighted by atomic mass is 9.88. The molecule has 0 unspecified atom stereocenters. The molecule has 0 atom stereocenters. The van der Waals surface area contributed by atoms with Crippen LogP contribution in [0.25, 0.3) is 11.0 Å². The van der Waals surface area contributed by atoms with Gasteiger partial charge in [-0.3, -0.25) is 9.59 Å². The zero-order valence-electron chi connectivity index (χ0n) is 23.0. The SMILES string of the molecule is O=C(COc1ccccc1)NCCCc1nc2ccccc2n1CC(=O)N(C1CCCCC1)C1CCCCC1. The molecule has 208 valence electrons. The number of aromatic nitrogens is 2. The molecule has 7 heteroatoms. The van der Waals surface area contributed by atoms with E-state index in [9.17, 15) is 9.59 Å². The summed E-state index contributed by atoms with van der Waals surface area (Å²) in [5.41, 5.74) is 1.93. The summed E-state index contributed by atoms with van der Waals surface area (Å²) in [5, 5.41) is 2.95. The van der Waals surface area contributed by atoms with Crippen molar-refractivity contribution < 1.29 is 14.3 Å². The number of hydrogen-bond donors (Lipinski definition) is 1. The van der Waals surface area contributed by atoms with Crippen LogP contribution in [0.15, 0.2) is 54.6 Å². The second-order valence-corrected chi connectivity index (χ2v) is 11.0. The van der Waals surface area contributed by atoms with Crippen molar-refractivity contribution >= 4 is 22.8 Å². The lowest BCUT2D eigenvalue weighted by Crippen LogP contribution is -2.50. The average Bonchev–Trinajstić information content (AvgIpc) is 3.33. The van der Waals surface area contributed by atoms with Gasteiger partial charge >= 0.3 is 0 Å². The van der Waals surface area contributed by atoms with Gasteiger partial charge in [0.2, 0.25) is 5.91 Å². The number of amides is 2. The molecule has 0 aliphatic heterocycles. The Morgan fingerprint density at radius 1 is 0.872 bits per heavy atom. The van der Waals surface area contributed by atoms with E-state index in [0.717, 1.165) is 49.0 Å². The Labute approximate surface area is 231 Å².